The van der Waals surface area contributed by atoms with Gasteiger partial charge in [-0.15, -0.1) is 11.8 Å². The maximum atomic E-state index is 13.0. The molecule has 0 aromatic heterocycles. The second-order valence-electron chi connectivity index (χ2n) is 2.65. The van der Waals surface area contributed by atoms with Crippen LogP contribution in [0.3, 0.4) is 0 Å². The average Bonchev–Trinajstić information content (AvgIpc) is 2.14. The van der Waals surface area contributed by atoms with Crippen molar-refractivity contribution in [2.75, 3.05) is 25.2 Å². The Kier molecular flexibility index (Phi) is 4.71. The molecule has 0 fully saturated rings. The smallest absolute Gasteiger partial charge is 0.139 e. The van der Waals surface area contributed by atoms with Gasteiger partial charge in [-0.25, -0.2) is 4.39 Å². The van der Waals surface area contributed by atoms with Gasteiger partial charge < -0.3 is 10.5 Å². The molecule has 0 radical (unpaired) electrons. The normalized spacial score (nSPS) is 10.5. The van der Waals surface area contributed by atoms with Crippen LogP contribution in [0.25, 0.3) is 0 Å². The van der Waals surface area contributed by atoms with Gasteiger partial charge >= 0.3 is 0 Å². The van der Waals surface area contributed by atoms with Gasteiger partial charge in [0.05, 0.1) is 11.1 Å². The van der Waals surface area contributed by atoms with Crippen molar-refractivity contribution in [3.63, 3.8) is 0 Å². The maximum Gasteiger partial charge on any atom is 0.139 e. The number of anilines is 1. The van der Waals surface area contributed by atoms with Gasteiger partial charge in [-0.05, 0) is 28.1 Å². The first kappa shape index (κ1) is 11.8. The lowest BCUT2D eigenvalue weighted by Crippen LogP contribution is -1.95. The van der Waals surface area contributed by atoms with E-state index >= 15 is 0 Å². The van der Waals surface area contributed by atoms with E-state index in [1.165, 1.54) is 6.07 Å². The lowest BCUT2D eigenvalue weighted by molar-refractivity contribution is 0.218. The molecule has 14 heavy (non-hydrogen) atoms. The van der Waals surface area contributed by atoms with E-state index in [0.717, 1.165) is 10.6 Å². The molecule has 0 heterocycles. The molecule has 0 saturated carbocycles. The van der Waals surface area contributed by atoms with Crippen LogP contribution in [-0.4, -0.2) is 19.5 Å². The minimum Gasteiger partial charge on any atom is -0.398 e. The van der Waals surface area contributed by atoms with Crippen molar-refractivity contribution in [3.05, 3.63) is 22.4 Å². The molecule has 0 spiro atoms. The van der Waals surface area contributed by atoms with Crippen LogP contribution in [0.4, 0.5) is 10.1 Å². The van der Waals surface area contributed by atoms with Gasteiger partial charge in [-0.1, -0.05) is 0 Å². The number of thioether (sulfide) groups is 1. The summed E-state index contributed by atoms with van der Waals surface area (Å²) in [5.41, 5.74) is 6.11. The minimum atomic E-state index is -0.335. The Bertz CT molecular complexity index is 322. The zero-order valence-electron chi connectivity index (χ0n) is 7.72. The van der Waals surface area contributed by atoms with E-state index in [2.05, 4.69) is 15.9 Å². The number of halogens is 2. The number of methoxy groups -OCH3 is 1. The van der Waals surface area contributed by atoms with E-state index < -0.39 is 0 Å². The highest BCUT2D eigenvalue weighted by Gasteiger charge is 2.05. The fraction of sp³-hybridized carbons (Fsp3) is 0.333. The Morgan fingerprint density at radius 2 is 2.29 bits per heavy atom. The van der Waals surface area contributed by atoms with Gasteiger partial charge in [0.15, 0.2) is 0 Å². The topological polar surface area (TPSA) is 35.2 Å². The number of benzene rings is 1. The second kappa shape index (κ2) is 5.58. The second-order valence-corrected chi connectivity index (χ2v) is 4.64. The van der Waals surface area contributed by atoms with Crippen LogP contribution in [0.5, 0.6) is 0 Å². The highest BCUT2D eigenvalue weighted by atomic mass is 79.9. The Labute approximate surface area is 95.1 Å². The van der Waals surface area contributed by atoms with Gasteiger partial charge in [0.1, 0.15) is 5.82 Å². The molecule has 0 amide bonds. The highest BCUT2D eigenvalue weighted by molar-refractivity contribution is 9.10. The molecule has 0 aliphatic rings. The van der Waals surface area contributed by atoms with Crippen molar-refractivity contribution >= 4 is 33.4 Å². The summed E-state index contributed by atoms with van der Waals surface area (Å²) in [6, 6.07) is 3.00. The van der Waals surface area contributed by atoms with Gasteiger partial charge in [0.2, 0.25) is 0 Å². The average molecular weight is 280 g/mol. The Balaban J connectivity index is 2.72. The predicted octanol–water partition coefficient (Wildman–Crippen LogP) is 2.91. The summed E-state index contributed by atoms with van der Waals surface area (Å²) < 4.78 is 18.3. The predicted molar refractivity (Wildman–Crippen MR) is 61.1 cm³/mol. The maximum absolute atomic E-state index is 13.0. The van der Waals surface area contributed by atoms with E-state index in [1.807, 2.05) is 0 Å². The van der Waals surface area contributed by atoms with E-state index in [1.54, 1.807) is 24.9 Å². The quantitative estimate of drug-likeness (QED) is 0.523. The van der Waals surface area contributed by atoms with Crippen molar-refractivity contribution < 1.29 is 9.13 Å². The van der Waals surface area contributed by atoms with Crippen molar-refractivity contribution in [2.24, 2.45) is 0 Å². The van der Waals surface area contributed by atoms with Crippen LogP contribution in [0.1, 0.15) is 0 Å². The molecule has 1 aromatic rings. The third kappa shape index (κ3) is 3.15. The van der Waals surface area contributed by atoms with Crippen LogP contribution in [-0.2, 0) is 4.74 Å². The van der Waals surface area contributed by atoms with Gasteiger partial charge in [-0.2, -0.15) is 0 Å². The summed E-state index contributed by atoms with van der Waals surface area (Å²) in [4.78, 5) is 0.871. The molecule has 5 heteroatoms. The summed E-state index contributed by atoms with van der Waals surface area (Å²) in [6.07, 6.45) is 0. The number of rotatable bonds is 4. The molecule has 1 aromatic carbocycles. The standard InChI is InChI=1S/C9H11BrFNOS/c1-13-2-3-14-9-4-6(10)7(11)5-8(9)12/h4-5H,2-3,12H2,1H3. The van der Waals surface area contributed by atoms with Crippen molar-refractivity contribution in [2.45, 2.75) is 4.90 Å². The summed E-state index contributed by atoms with van der Waals surface area (Å²) in [5.74, 6) is 0.470. The zero-order valence-corrected chi connectivity index (χ0v) is 10.1. The van der Waals surface area contributed by atoms with Crippen molar-refractivity contribution in [3.8, 4) is 0 Å². The van der Waals surface area contributed by atoms with E-state index in [-0.39, 0.29) is 5.82 Å². The molecule has 2 N–H and O–H groups in total. The monoisotopic (exact) mass is 279 g/mol. The molecule has 0 aliphatic carbocycles. The molecule has 0 aliphatic heterocycles. The molecular weight excluding hydrogens is 269 g/mol. The molecule has 78 valence electrons. The molecule has 0 atom stereocenters. The Morgan fingerprint density at radius 1 is 1.57 bits per heavy atom. The van der Waals surface area contributed by atoms with Crippen LogP contribution >= 0.6 is 27.7 Å². The summed E-state index contributed by atoms with van der Waals surface area (Å²) in [5, 5.41) is 0. The van der Waals surface area contributed by atoms with E-state index in [4.69, 9.17) is 10.5 Å². The summed E-state index contributed by atoms with van der Waals surface area (Å²) in [6.45, 7) is 0.652. The van der Waals surface area contributed by atoms with Crippen LogP contribution in [0.2, 0.25) is 0 Å². The van der Waals surface area contributed by atoms with Crippen LogP contribution in [0.15, 0.2) is 21.5 Å². The fourth-order valence-electron chi connectivity index (χ4n) is 0.904. The first-order valence-corrected chi connectivity index (χ1v) is 5.79. The number of hydrogen-bond donors (Lipinski definition) is 1. The van der Waals surface area contributed by atoms with Crippen molar-refractivity contribution in [1.29, 1.82) is 0 Å². The third-order valence-corrected chi connectivity index (χ3v) is 3.24. The van der Waals surface area contributed by atoms with E-state index in [9.17, 15) is 4.39 Å². The number of hydrogen-bond acceptors (Lipinski definition) is 3. The Morgan fingerprint density at radius 3 is 2.93 bits per heavy atom. The van der Waals surface area contributed by atoms with Crippen LogP contribution < -0.4 is 5.73 Å². The fourth-order valence-corrected chi connectivity index (χ4v) is 2.30. The minimum absolute atomic E-state index is 0.335. The molecule has 0 unspecified atom stereocenters. The van der Waals surface area contributed by atoms with Crippen LogP contribution in [0, 0.1) is 5.82 Å². The number of nitrogen functional groups attached to an aromatic ring is 1. The molecule has 0 bridgehead atoms. The van der Waals surface area contributed by atoms with Gasteiger partial charge in [0, 0.05) is 23.4 Å². The van der Waals surface area contributed by atoms with Gasteiger partial charge in [0.25, 0.3) is 0 Å². The number of ether oxygens (including phenoxy) is 1. The largest absolute Gasteiger partial charge is 0.398 e. The lowest BCUT2D eigenvalue weighted by atomic mass is 10.3. The molecule has 1 rings (SSSR count). The third-order valence-electron chi connectivity index (χ3n) is 1.60. The highest BCUT2D eigenvalue weighted by Crippen LogP contribution is 2.30. The lowest BCUT2D eigenvalue weighted by Gasteiger charge is -2.06. The molecular formula is C9H11BrFNOS. The molecule has 0 saturated heterocycles. The zero-order chi connectivity index (χ0) is 10.6. The van der Waals surface area contributed by atoms with Gasteiger partial charge in [-0.3, -0.25) is 0 Å². The summed E-state index contributed by atoms with van der Waals surface area (Å²) in [7, 11) is 1.64. The first-order valence-electron chi connectivity index (χ1n) is 4.01. The molecule has 2 nitrogen and oxygen atoms in total. The van der Waals surface area contributed by atoms with Crippen molar-refractivity contribution in [1.82, 2.24) is 0 Å². The Hall–Kier alpha value is -0.260. The summed E-state index contributed by atoms with van der Waals surface area (Å²) >= 11 is 4.66. The number of nitrogens with two attached hydrogens (primary N) is 1. The SMILES string of the molecule is COCCSc1cc(Br)c(F)cc1N. The van der Waals surface area contributed by atoms with E-state index in [0.29, 0.717) is 16.8 Å². The first-order chi connectivity index (χ1) is 6.65.